The Morgan fingerprint density at radius 3 is 3.00 bits per heavy atom. The highest BCUT2D eigenvalue weighted by atomic mass is 16.5. The zero-order valence-electron chi connectivity index (χ0n) is 9.56. The van der Waals surface area contributed by atoms with Crippen LogP contribution >= 0.6 is 0 Å². The lowest BCUT2D eigenvalue weighted by molar-refractivity contribution is -0.132. The van der Waals surface area contributed by atoms with Gasteiger partial charge in [0.15, 0.2) is 18.2 Å². The molecule has 1 fully saturated rings. The van der Waals surface area contributed by atoms with E-state index in [9.17, 15) is 4.79 Å². The first-order valence-corrected chi connectivity index (χ1v) is 5.63. The van der Waals surface area contributed by atoms with Crippen LogP contribution < -0.4 is 16.0 Å². The van der Waals surface area contributed by atoms with Gasteiger partial charge in [-0.3, -0.25) is 4.79 Å². The number of amides is 1. The Balaban J connectivity index is 1.90. The van der Waals surface area contributed by atoms with E-state index < -0.39 is 0 Å². The molecule has 0 aliphatic carbocycles. The number of carbonyl (C=O) groups is 1. The van der Waals surface area contributed by atoms with Crippen LogP contribution in [0.25, 0.3) is 0 Å². The Labute approximate surface area is 99.7 Å². The average molecular weight is 236 g/mol. The zero-order valence-corrected chi connectivity index (χ0v) is 9.56. The number of nitrogens with one attached hydrogen (secondary N) is 1. The van der Waals surface area contributed by atoms with Gasteiger partial charge in [0.2, 0.25) is 0 Å². The molecule has 1 aromatic rings. The van der Waals surface area contributed by atoms with Crippen molar-refractivity contribution in [1.82, 2.24) is 9.88 Å². The van der Waals surface area contributed by atoms with E-state index in [1.165, 1.54) is 0 Å². The fraction of sp³-hybridized carbons (Fsp3) is 0.455. The van der Waals surface area contributed by atoms with E-state index in [-0.39, 0.29) is 12.5 Å². The first-order chi connectivity index (χ1) is 8.31. The first-order valence-electron chi connectivity index (χ1n) is 5.63. The van der Waals surface area contributed by atoms with Crippen molar-refractivity contribution >= 4 is 11.7 Å². The quantitative estimate of drug-likeness (QED) is 0.583. The van der Waals surface area contributed by atoms with E-state index in [4.69, 9.17) is 10.6 Å². The predicted octanol–water partition coefficient (Wildman–Crippen LogP) is 0.368. The van der Waals surface area contributed by atoms with E-state index in [0.717, 1.165) is 25.9 Å². The number of hydrazine groups is 1. The van der Waals surface area contributed by atoms with E-state index >= 15 is 0 Å². The summed E-state index contributed by atoms with van der Waals surface area (Å²) in [5, 5.41) is 0. The maximum Gasteiger partial charge on any atom is 0.260 e. The molecule has 1 aliphatic rings. The highest BCUT2D eigenvalue weighted by Gasteiger charge is 2.18. The largest absolute Gasteiger partial charge is 0.480 e. The van der Waals surface area contributed by atoms with Gasteiger partial charge in [0, 0.05) is 19.3 Å². The number of aromatic nitrogens is 1. The molecule has 0 aromatic carbocycles. The molecule has 0 radical (unpaired) electrons. The Kier molecular flexibility index (Phi) is 3.77. The van der Waals surface area contributed by atoms with Crippen LogP contribution in [0.4, 0.5) is 5.82 Å². The number of likely N-dealkylation sites (tertiary alicyclic amines) is 1. The molecule has 1 aliphatic heterocycles. The molecule has 1 saturated heterocycles. The summed E-state index contributed by atoms with van der Waals surface area (Å²) in [5.41, 5.74) is 2.43. The lowest BCUT2D eigenvalue weighted by atomic mass is 10.4. The lowest BCUT2D eigenvalue weighted by Gasteiger charge is -2.16. The normalized spacial score (nSPS) is 14.8. The molecule has 0 atom stereocenters. The summed E-state index contributed by atoms with van der Waals surface area (Å²) in [6.45, 7) is 1.69. The molecule has 92 valence electrons. The number of nitrogens with two attached hydrogens (primary N) is 1. The molecule has 1 amide bonds. The van der Waals surface area contributed by atoms with Crippen molar-refractivity contribution in [3.63, 3.8) is 0 Å². The van der Waals surface area contributed by atoms with Crippen LogP contribution in [0.2, 0.25) is 0 Å². The minimum absolute atomic E-state index is 0.00863. The number of hydrogen-bond donors (Lipinski definition) is 2. The number of nitrogen functional groups attached to an aromatic ring is 1. The molecule has 6 nitrogen and oxygen atoms in total. The standard InChI is InChI=1S/C11H16N4O2/c12-14-11-9(4-3-5-13-11)17-8-10(16)15-6-1-2-7-15/h3-5H,1-2,6-8,12H2,(H,13,14). The minimum Gasteiger partial charge on any atom is -0.480 e. The molecular weight excluding hydrogens is 220 g/mol. The van der Waals surface area contributed by atoms with Crippen molar-refractivity contribution < 1.29 is 9.53 Å². The second kappa shape index (κ2) is 5.49. The maximum atomic E-state index is 11.7. The van der Waals surface area contributed by atoms with Gasteiger partial charge in [-0.15, -0.1) is 0 Å². The SMILES string of the molecule is NNc1ncccc1OCC(=O)N1CCCC1. The molecule has 0 spiro atoms. The monoisotopic (exact) mass is 236 g/mol. The van der Waals surface area contributed by atoms with Crippen molar-refractivity contribution in [3.05, 3.63) is 18.3 Å². The second-order valence-electron chi connectivity index (χ2n) is 3.87. The van der Waals surface area contributed by atoms with Gasteiger partial charge in [0.1, 0.15) is 0 Å². The van der Waals surface area contributed by atoms with Crippen LogP contribution in [0, 0.1) is 0 Å². The molecule has 2 heterocycles. The smallest absolute Gasteiger partial charge is 0.260 e. The first kappa shape index (κ1) is 11.7. The molecule has 17 heavy (non-hydrogen) atoms. The van der Waals surface area contributed by atoms with Crippen molar-refractivity contribution in [2.24, 2.45) is 5.84 Å². The van der Waals surface area contributed by atoms with Crippen molar-refractivity contribution in [2.45, 2.75) is 12.8 Å². The third kappa shape index (κ3) is 2.85. The molecule has 6 heteroatoms. The molecule has 0 unspecified atom stereocenters. The summed E-state index contributed by atoms with van der Waals surface area (Å²) >= 11 is 0. The van der Waals surface area contributed by atoms with Gasteiger partial charge in [0.05, 0.1) is 0 Å². The summed E-state index contributed by atoms with van der Waals surface area (Å²) in [5.74, 6) is 6.22. The molecule has 3 N–H and O–H groups in total. The molecule has 2 rings (SSSR count). The van der Waals surface area contributed by atoms with Crippen LogP contribution in [-0.4, -0.2) is 35.5 Å². The number of pyridine rings is 1. The number of carbonyl (C=O) groups excluding carboxylic acids is 1. The predicted molar refractivity (Wildman–Crippen MR) is 63.4 cm³/mol. The van der Waals surface area contributed by atoms with Crippen LogP contribution in [-0.2, 0) is 4.79 Å². The Morgan fingerprint density at radius 1 is 1.53 bits per heavy atom. The number of anilines is 1. The zero-order chi connectivity index (χ0) is 12.1. The third-order valence-corrected chi connectivity index (χ3v) is 2.72. The van der Waals surface area contributed by atoms with Gasteiger partial charge < -0.3 is 15.1 Å². The van der Waals surface area contributed by atoms with Gasteiger partial charge in [0.25, 0.3) is 5.91 Å². The lowest BCUT2D eigenvalue weighted by Crippen LogP contribution is -2.32. The molecule has 0 saturated carbocycles. The molecular formula is C11H16N4O2. The Hall–Kier alpha value is -1.82. The topological polar surface area (TPSA) is 80.5 Å². The van der Waals surface area contributed by atoms with E-state index in [1.54, 1.807) is 18.3 Å². The van der Waals surface area contributed by atoms with Gasteiger partial charge >= 0.3 is 0 Å². The van der Waals surface area contributed by atoms with Crippen LogP contribution in [0.5, 0.6) is 5.75 Å². The fourth-order valence-corrected chi connectivity index (χ4v) is 1.81. The Morgan fingerprint density at radius 2 is 2.29 bits per heavy atom. The molecule has 1 aromatic heterocycles. The van der Waals surface area contributed by atoms with Crippen LogP contribution in [0.15, 0.2) is 18.3 Å². The highest BCUT2D eigenvalue weighted by Crippen LogP contribution is 2.19. The van der Waals surface area contributed by atoms with Crippen LogP contribution in [0.3, 0.4) is 0 Å². The minimum atomic E-state index is 0.00863. The third-order valence-electron chi connectivity index (χ3n) is 2.72. The van der Waals surface area contributed by atoms with E-state index in [1.807, 2.05) is 4.90 Å². The molecule has 0 bridgehead atoms. The second-order valence-corrected chi connectivity index (χ2v) is 3.87. The van der Waals surface area contributed by atoms with Crippen LogP contribution in [0.1, 0.15) is 12.8 Å². The van der Waals surface area contributed by atoms with Gasteiger partial charge in [-0.25, -0.2) is 10.8 Å². The van der Waals surface area contributed by atoms with E-state index in [0.29, 0.717) is 11.6 Å². The maximum absolute atomic E-state index is 11.7. The van der Waals surface area contributed by atoms with E-state index in [2.05, 4.69) is 10.4 Å². The summed E-state index contributed by atoms with van der Waals surface area (Å²) < 4.78 is 5.41. The summed E-state index contributed by atoms with van der Waals surface area (Å²) in [7, 11) is 0. The van der Waals surface area contributed by atoms with Crippen molar-refractivity contribution in [3.8, 4) is 5.75 Å². The van der Waals surface area contributed by atoms with Crippen molar-refractivity contribution in [2.75, 3.05) is 25.1 Å². The summed E-state index contributed by atoms with van der Waals surface area (Å²) in [6.07, 6.45) is 3.76. The summed E-state index contributed by atoms with van der Waals surface area (Å²) in [6, 6.07) is 3.45. The summed E-state index contributed by atoms with van der Waals surface area (Å²) in [4.78, 5) is 17.5. The van der Waals surface area contributed by atoms with Crippen molar-refractivity contribution in [1.29, 1.82) is 0 Å². The number of rotatable bonds is 4. The number of nitrogens with zero attached hydrogens (tertiary/aromatic N) is 2. The average Bonchev–Trinajstić information content (AvgIpc) is 2.90. The van der Waals surface area contributed by atoms with Gasteiger partial charge in [-0.05, 0) is 25.0 Å². The Bertz CT molecular complexity index is 391. The van der Waals surface area contributed by atoms with Gasteiger partial charge in [-0.2, -0.15) is 0 Å². The highest BCUT2D eigenvalue weighted by molar-refractivity contribution is 5.78. The number of hydrogen-bond acceptors (Lipinski definition) is 5. The number of ether oxygens (including phenoxy) is 1. The van der Waals surface area contributed by atoms with Gasteiger partial charge in [-0.1, -0.05) is 0 Å². The fourth-order valence-electron chi connectivity index (χ4n) is 1.81.